The van der Waals surface area contributed by atoms with Crippen molar-refractivity contribution >= 4 is 31.6 Å². The molecule has 0 saturated carbocycles. The number of pyridine rings is 1. The van der Waals surface area contributed by atoms with Crippen molar-refractivity contribution in [2.45, 2.75) is 25.7 Å². The summed E-state index contributed by atoms with van der Waals surface area (Å²) in [7, 11) is -3.63. The van der Waals surface area contributed by atoms with Crippen molar-refractivity contribution in [3.63, 3.8) is 0 Å². The summed E-state index contributed by atoms with van der Waals surface area (Å²) in [4.78, 5) is 4.32. The number of nitrogens with one attached hydrogen (secondary N) is 1. The van der Waals surface area contributed by atoms with Crippen LogP contribution in [0.2, 0.25) is 0 Å². The largest absolute Gasteiger partial charge is 0.277 e. The predicted molar refractivity (Wildman–Crippen MR) is 83.4 cm³/mol. The normalized spacial score (nSPS) is 11.4. The molecule has 0 unspecified atom stereocenters. The van der Waals surface area contributed by atoms with E-state index in [2.05, 4.69) is 25.6 Å². The van der Waals surface area contributed by atoms with E-state index < -0.39 is 10.0 Å². The van der Waals surface area contributed by atoms with Crippen LogP contribution in [0.4, 0.5) is 5.69 Å². The highest BCUT2D eigenvalue weighted by Crippen LogP contribution is 2.26. The van der Waals surface area contributed by atoms with Crippen LogP contribution in [0.3, 0.4) is 0 Å². The van der Waals surface area contributed by atoms with Gasteiger partial charge in [0.25, 0.3) is 10.0 Å². The Bertz CT molecular complexity index is 735. The fourth-order valence-corrected chi connectivity index (χ4v) is 4.25. The highest BCUT2D eigenvalue weighted by molar-refractivity contribution is 9.10. The molecule has 0 spiro atoms. The highest BCUT2D eigenvalue weighted by atomic mass is 79.9. The Kier molecular flexibility index (Phi) is 4.15. The number of nitrogens with zero attached hydrogens (tertiary/aromatic N) is 1. The smallest absolute Gasteiger partial charge is 0.262 e. The first-order valence-corrected chi connectivity index (χ1v) is 8.30. The van der Waals surface area contributed by atoms with Crippen molar-refractivity contribution in [2.24, 2.45) is 0 Å². The Hall–Kier alpha value is -1.40. The van der Waals surface area contributed by atoms with Gasteiger partial charge in [-0.05, 0) is 60.0 Å². The molecule has 0 aliphatic rings. The molecule has 0 saturated heterocycles. The van der Waals surface area contributed by atoms with Crippen LogP contribution in [0.25, 0.3) is 0 Å². The molecule has 0 fully saturated rings. The molecule has 106 valence electrons. The summed E-state index contributed by atoms with van der Waals surface area (Å²) in [6, 6.07) is 7.06. The van der Waals surface area contributed by atoms with E-state index in [1.165, 1.54) is 0 Å². The lowest BCUT2D eigenvalue weighted by Gasteiger charge is -2.14. The number of rotatable bonds is 3. The maximum atomic E-state index is 12.5. The Morgan fingerprint density at radius 1 is 1.15 bits per heavy atom. The number of aryl methyl sites for hydroxylation is 3. The third-order valence-corrected chi connectivity index (χ3v) is 5.18. The molecule has 6 heteroatoms. The van der Waals surface area contributed by atoms with Crippen molar-refractivity contribution in [2.75, 3.05) is 4.72 Å². The molecule has 0 aliphatic heterocycles. The van der Waals surface area contributed by atoms with Gasteiger partial charge in [-0.3, -0.25) is 4.72 Å². The van der Waals surface area contributed by atoms with Gasteiger partial charge < -0.3 is 0 Å². The lowest BCUT2D eigenvalue weighted by atomic mass is 10.1. The summed E-state index contributed by atoms with van der Waals surface area (Å²) in [5.74, 6) is 0. The number of hydrogen-bond acceptors (Lipinski definition) is 3. The first-order chi connectivity index (χ1) is 9.31. The lowest BCUT2D eigenvalue weighted by Crippen LogP contribution is -2.16. The minimum absolute atomic E-state index is 0.318. The van der Waals surface area contributed by atoms with Gasteiger partial charge in [-0.1, -0.05) is 17.7 Å². The van der Waals surface area contributed by atoms with Crippen LogP contribution in [0.15, 0.2) is 40.0 Å². The van der Waals surface area contributed by atoms with Gasteiger partial charge in [-0.15, -0.1) is 0 Å². The highest BCUT2D eigenvalue weighted by Gasteiger charge is 2.20. The molecule has 0 radical (unpaired) electrons. The number of hydrogen-bond donors (Lipinski definition) is 1. The summed E-state index contributed by atoms with van der Waals surface area (Å²) >= 11 is 3.23. The molecular formula is C14H15BrN2O2S. The van der Waals surface area contributed by atoms with Crippen molar-refractivity contribution < 1.29 is 8.42 Å². The van der Waals surface area contributed by atoms with Gasteiger partial charge in [0, 0.05) is 6.20 Å². The molecule has 4 nitrogen and oxygen atoms in total. The van der Waals surface area contributed by atoms with Crippen molar-refractivity contribution in [1.82, 2.24) is 4.98 Å². The van der Waals surface area contributed by atoms with Crippen LogP contribution in [0.5, 0.6) is 0 Å². The zero-order valence-corrected chi connectivity index (χ0v) is 13.8. The molecule has 1 heterocycles. The molecule has 0 amide bonds. The van der Waals surface area contributed by atoms with Crippen LogP contribution in [-0.2, 0) is 10.0 Å². The van der Waals surface area contributed by atoms with Crippen LogP contribution in [0, 0.1) is 20.8 Å². The maximum Gasteiger partial charge on any atom is 0.262 e. The standard InChI is InChI=1S/C14H15BrN2O2S/c1-9-7-10(2)13(11(3)8-9)20(18,19)17-12-5-4-6-16-14(12)15/h4-8,17H,1-3H3. The summed E-state index contributed by atoms with van der Waals surface area (Å²) in [5.41, 5.74) is 2.93. The summed E-state index contributed by atoms with van der Waals surface area (Å²) in [5, 5.41) is 0. The van der Waals surface area contributed by atoms with Gasteiger partial charge in [0.1, 0.15) is 4.60 Å². The van der Waals surface area contributed by atoms with E-state index in [1.54, 1.807) is 32.2 Å². The van der Waals surface area contributed by atoms with Gasteiger partial charge in [-0.2, -0.15) is 0 Å². The third kappa shape index (κ3) is 3.02. The van der Waals surface area contributed by atoms with E-state index in [-0.39, 0.29) is 0 Å². The van der Waals surface area contributed by atoms with Gasteiger partial charge in [0.15, 0.2) is 0 Å². The van der Waals surface area contributed by atoms with Crippen molar-refractivity contribution in [3.8, 4) is 0 Å². The third-order valence-electron chi connectivity index (χ3n) is 2.88. The first kappa shape index (κ1) is 15.0. The molecular weight excluding hydrogens is 340 g/mol. The van der Waals surface area contributed by atoms with Gasteiger partial charge in [-0.25, -0.2) is 13.4 Å². The average molecular weight is 355 g/mol. The van der Waals surface area contributed by atoms with E-state index in [0.717, 1.165) is 16.7 Å². The zero-order valence-electron chi connectivity index (χ0n) is 11.4. The Morgan fingerprint density at radius 2 is 1.75 bits per heavy atom. The molecule has 2 aromatic rings. The second-order valence-corrected chi connectivity index (χ2v) is 7.05. The topological polar surface area (TPSA) is 59.1 Å². The van der Waals surface area contributed by atoms with E-state index in [9.17, 15) is 8.42 Å². The van der Waals surface area contributed by atoms with E-state index in [1.807, 2.05) is 19.1 Å². The molecule has 0 atom stereocenters. The molecule has 0 aliphatic carbocycles. The van der Waals surface area contributed by atoms with Gasteiger partial charge in [0.05, 0.1) is 10.6 Å². The van der Waals surface area contributed by atoms with Crippen LogP contribution in [0.1, 0.15) is 16.7 Å². The fourth-order valence-electron chi connectivity index (χ4n) is 2.25. The minimum atomic E-state index is -3.63. The van der Waals surface area contributed by atoms with Crippen molar-refractivity contribution in [1.29, 1.82) is 0 Å². The molecule has 1 N–H and O–H groups in total. The van der Waals surface area contributed by atoms with Crippen molar-refractivity contribution in [3.05, 3.63) is 51.8 Å². The van der Waals surface area contributed by atoms with Gasteiger partial charge >= 0.3 is 0 Å². The number of halogens is 1. The maximum absolute atomic E-state index is 12.5. The Balaban J connectivity index is 2.50. The number of sulfonamides is 1. The predicted octanol–water partition coefficient (Wildman–Crippen LogP) is 3.57. The molecule has 20 heavy (non-hydrogen) atoms. The molecule has 0 bridgehead atoms. The fraction of sp³-hybridized carbons (Fsp3) is 0.214. The molecule has 1 aromatic heterocycles. The monoisotopic (exact) mass is 354 g/mol. The van der Waals surface area contributed by atoms with E-state index in [4.69, 9.17) is 0 Å². The van der Waals surface area contributed by atoms with Crippen LogP contribution >= 0.6 is 15.9 Å². The first-order valence-electron chi connectivity index (χ1n) is 6.02. The Morgan fingerprint density at radius 3 is 2.30 bits per heavy atom. The average Bonchev–Trinajstić information content (AvgIpc) is 2.30. The minimum Gasteiger partial charge on any atom is -0.277 e. The second kappa shape index (κ2) is 5.54. The number of benzene rings is 1. The SMILES string of the molecule is Cc1cc(C)c(S(=O)(=O)Nc2cccnc2Br)c(C)c1. The molecule has 1 aromatic carbocycles. The second-order valence-electron chi connectivity index (χ2n) is 4.68. The van der Waals surface area contributed by atoms with E-state index >= 15 is 0 Å². The van der Waals surface area contributed by atoms with Crippen LogP contribution in [-0.4, -0.2) is 13.4 Å². The summed E-state index contributed by atoms with van der Waals surface area (Å²) < 4.78 is 28.1. The van der Waals surface area contributed by atoms with E-state index in [0.29, 0.717) is 15.2 Å². The number of anilines is 1. The quantitative estimate of drug-likeness (QED) is 0.857. The number of aromatic nitrogens is 1. The van der Waals surface area contributed by atoms with Crippen LogP contribution < -0.4 is 4.72 Å². The zero-order chi connectivity index (χ0) is 14.9. The summed E-state index contributed by atoms with van der Waals surface area (Å²) in [6.45, 7) is 5.54. The lowest BCUT2D eigenvalue weighted by molar-refractivity contribution is 0.600. The summed E-state index contributed by atoms with van der Waals surface area (Å²) in [6.07, 6.45) is 1.59. The Labute approximate surface area is 127 Å². The molecule has 2 rings (SSSR count). The van der Waals surface area contributed by atoms with Gasteiger partial charge in [0.2, 0.25) is 0 Å².